The minimum atomic E-state index is -0.596. The molecule has 0 radical (unpaired) electrons. The smallest absolute Gasteiger partial charge is 0.329 e. The van der Waals surface area contributed by atoms with Crippen molar-refractivity contribution in [3.63, 3.8) is 0 Å². The van der Waals surface area contributed by atoms with E-state index < -0.39 is 6.04 Å². The van der Waals surface area contributed by atoms with Gasteiger partial charge in [0, 0.05) is 5.57 Å². The molecular weight excluding hydrogens is 280 g/mol. The number of carbonyl (C=O) groups is 1. The molecule has 104 valence electrons. The maximum absolute atomic E-state index is 12.5. The number of carbonyl (C=O) groups excluding carboxylic acids is 1. The Labute approximate surface area is 120 Å². The maximum atomic E-state index is 12.5. The summed E-state index contributed by atoms with van der Waals surface area (Å²) in [7, 11) is 0. The van der Waals surface area contributed by atoms with E-state index in [1.165, 1.54) is 4.57 Å². The molecule has 0 amide bonds. The second kappa shape index (κ2) is 4.90. The van der Waals surface area contributed by atoms with Gasteiger partial charge < -0.3 is 4.74 Å². The van der Waals surface area contributed by atoms with Gasteiger partial charge in [-0.25, -0.2) is 9.78 Å². The largest absolute Gasteiger partial charge is 0.464 e. The second-order valence-corrected chi connectivity index (χ2v) is 5.02. The minimum absolute atomic E-state index is 0.282. The van der Waals surface area contributed by atoms with Gasteiger partial charge in [-0.15, -0.1) is 0 Å². The fourth-order valence-corrected chi connectivity index (χ4v) is 2.77. The van der Waals surface area contributed by atoms with E-state index in [4.69, 9.17) is 16.3 Å². The lowest BCUT2D eigenvalue weighted by Crippen LogP contribution is -2.32. The van der Waals surface area contributed by atoms with E-state index in [9.17, 15) is 9.59 Å². The molecule has 3 rings (SSSR count). The van der Waals surface area contributed by atoms with Crippen molar-refractivity contribution in [3.05, 3.63) is 45.1 Å². The molecule has 1 atom stereocenters. The van der Waals surface area contributed by atoms with Gasteiger partial charge in [0.15, 0.2) is 0 Å². The summed E-state index contributed by atoms with van der Waals surface area (Å²) >= 11 is 6.14. The molecule has 2 heterocycles. The number of allylic oxidation sites excluding steroid dienone is 4. The Morgan fingerprint density at radius 3 is 2.95 bits per heavy atom. The Morgan fingerprint density at radius 1 is 1.60 bits per heavy atom. The Bertz CT molecular complexity index is 703. The van der Waals surface area contributed by atoms with Crippen LogP contribution in [0.15, 0.2) is 23.0 Å². The number of hydrogen-bond acceptors (Lipinski definition) is 4. The summed E-state index contributed by atoms with van der Waals surface area (Å²) in [6.07, 6.45) is 6.49. The number of halogens is 1. The van der Waals surface area contributed by atoms with Gasteiger partial charge in [0.1, 0.15) is 16.9 Å². The van der Waals surface area contributed by atoms with Gasteiger partial charge in [0.25, 0.3) is 5.56 Å². The van der Waals surface area contributed by atoms with Crippen LogP contribution in [0.3, 0.4) is 0 Å². The van der Waals surface area contributed by atoms with E-state index in [0.717, 1.165) is 5.57 Å². The third kappa shape index (κ3) is 1.89. The van der Waals surface area contributed by atoms with Crippen LogP contribution in [0.25, 0.3) is 5.57 Å². The molecule has 20 heavy (non-hydrogen) atoms. The minimum Gasteiger partial charge on any atom is -0.464 e. The molecule has 1 aliphatic heterocycles. The van der Waals surface area contributed by atoms with Crippen LogP contribution in [0.4, 0.5) is 0 Å². The fourth-order valence-electron chi connectivity index (χ4n) is 2.50. The molecule has 6 heteroatoms. The third-order valence-electron chi connectivity index (χ3n) is 3.51. The normalized spacial score (nSPS) is 19.3. The number of ether oxygens (including phenoxy) is 1. The van der Waals surface area contributed by atoms with E-state index in [0.29, 0.717) is 25.1 Å². The molecule has 0 spiro atoms. The zero-order chi connectivity index (χ0) is 14.3. The van der Waals surface area contributed by atoms with Crippen LogP contribution in [0.2, 0.25) is 5.15 Å². The highest BCUT2D eigenvalue weighted by atomic mass is 35.5. The van der Waals surface area contributed by atoms with Crippen molar-refractivity contribution in [2.75, 3.05) is 6.61 Å². The maximum Gasteiger partial charge on any atom is 0.329 e. The van der Waals surface area contributed by atoms with Crippen molar-refractivity contribution >= 4 is 23.1 Å². The van der Waals surface area contributed by atoms with Crippen LogP contribution in [-0.2, 0) is 16.0 Å². The molecular formula is C14H13ClN2O3. The van der Waals surface area contributed by atoms with Crippen LogP contribution >= 0.6 is 11.6 Å². The highest BCUT2D eigenvalue weighted by molar-refractivity contribution is 6.30. The Balaban J connectivity index is 2.11. The highest BCUT2D eigenvalue weighted by Gasteiger charge is 2.34. The number of rotatable bonds is 3. The second-order valence-electron chi connectivity index (χ2n) is 4.66. The van der Waals surface area contributed by atoms with Crippen molar-refractivity contribution in [2.24, 2.45) is 0 Å². The van der Waals surface area contributed by atoms with Crippen LogP contribution in [0, 0.1) is 0 Å². The highest BCUT2D eigenvalue weighted by Crippen LogP contribution is 2.30. The summed E-state index contributed by atoms with van der Waals surface area (Å²) in [4.78, 5) is 28.7. The zero-order valence-corrected chi connectivity index (χ0v) is 11.7. The third-order valence-corrected chi connectivity index (χ3v) is 3.81. The average molecular weight is 293 g/mol. The monoisotopic (exact) mass is 292 g/mol. The summed E-state index contributed by atoms with van der Waals surface area (Å²) in [5.41, 5.74) is 1.36. The van der Waals surface area contributed by atoms with Crippen molar-refractivity contribution in [1.82, 2.24) is 9.55 Å². The summed E-state index contributed by atoms with van der Waals surface area (Å²) < 4.78 is 6.47. The standard InChI is InChI=1S/C14H13ClN2O3/c1-2-20-14(19)10-7-6-9-12(15)16-11(8-4-3-5-8)13(18)17(9)10/h3-5,10H,2,6-7H2,1H3/t10-/m0/s1. The molecule has 0 N–H and O–H groups in total. The molecule has 1 aromatic heterocycles. The SMILES string of the molecule is CCOC(=O)[C@@H]1CCc2c(Cl)nc(C3=CC=C3)c(=O)n21. The lowest BCUT2D eigenvalue weighted by atomic mass is 10.1. The van der Waals surface area contributed by atoms with E-state index in [1.807, 2.05) is 6.08 Å². The molecule has 1 aromatic rings. The van der Waals surface area contributed by atoms with Gasteiger partial charge in [-0.1, -0.05) is 29.8 Å². The summed E-state index contributed by atoms with van der Waals surface area (Å²) in [5.74, 6) is -0.389. The van der Waals surface area contributed by atoms with E-state index in [2.05, 4.69) is 4.98 Å². The van der Waals surface area contributed by atoms with Gasteiger partial charge >= 0.3 is 5.97 Å². The molecule has 0 fully saturated rings. The molecule has 0 bridgehead atoms. The first kappa shape index (κ1) is 13.1. The van der Waals surface area contributed by atoms with E-state index in [1.54, 1.807) is 19.1 Å². The van der Waals surface area contributed by atoms with Gasteiger partial charge in [0.2, 0.25) is 0 Å². The van der Waals surface area contributed by atoms with Crippen LogP contribution < -0.4 is 5.56 Å². The number of nitrogens with zero attached hydrogens (tertiary/aromatic N) is 2. The van der Waals surface area contributed by atoms with Gasteiger partial charge in [-0.05, 0) is 19.8 Å². The zero-order valence-electron chi connectivity index (χ0n) is 10.9. The number of esters is 1. The predicted octanol–water partition coefficient (Wildman–Crippen LogP) is 1.90. The average Bonchev–Trinajstić information content (AvgIpc) is 2.79. The first-order chi connectivity index (χ1) is 9.63. The molecule has 0 unspecified atom stereocenters. The van der Waals surface area contributed by atoms with E-state index >= 15 is 0 Å². The molecule has 0 saturated heterocycles. The van der Waals surface area contributed by atoms with Crippen LogP contribution in [0.1, 0.15) is 30.8 Å². The molecule has 1 aliphatic carbocycles. The fraction of sp³-hybridized carbons (Fsp3) is 0.357. The van der Waals surface area contributed by atoms with Crippen molar-refractivity contribution in [1.29, 1.82) is 0 Å². The lowest BCUT2D eigenvalue weighted by molar-refractivity contribution is -0.147. The van der Waals surface area contributed by atoms with Crippen LogP contribution in [-0.4, -0.2) is 22.1 Å². The Hall–Kier alpha value is -1.88. The predicted molar refractivity (Wildman–Crippen MR) is 74.6 cm³/mol. The summed E-state index contributed by atoms with van der Waals surface area (Å²) in [6, 6.07) is -0.596. The van der Waals surface area contributed by atoms with Crippen molar-refractivity contribution < 1.29 is 9.53 Å². The van der Waals surface area contributed by atoms with Gasteiger partial charge in [-0.2, -0.15) is 0 Å². The summed E-state index contributed by atoms with van der Waals surface area (Å²) in [5, 5.41) is 0.285. The Kier molecular flexibility index (Phi) is 3.22. The van der Waals surface area contributed by atoms with E-state index in [-0.39, 0.29) is 22.4 Å². The molecule has 2 aliphatic rings. The van der Waals surface area contributed by atoms with Crippen molar-refractivity contribution in [3.8, 4) is 0 Å². The number of fused-ring (bicyclic) bond motifs is 1. The van der Waals surface area contributed by atoms with Crippen molar-refractivity contribution in [2.45, 2.75) is 25.8 Å². The Morgan fingerprint density at radius 2 is 2.35 bits per heavy atom. The first-order valence-corrected chi connectivity index (χ1v) is 6.87. The van der Waals surface area contributed by atoms with Gasteiger partial charge in [-0.3, -0.25) is 9.36 Å². The molecule has 5 nitrogen and oxygen atoms in total. The molecule has 0 saturated carbocycles. The van der Waals surface area contributed by atoms with Crippen LogP contribution in [0.5, 0.6) is 0 Å². The topological polar surface area (TPSA) is 61.2 Å². The first-order valence-electron chi connectivity index (χ1n) is 6.49. The molecule has 0 aromatic carbocycles. The summed E-state index contributed by atoms with van der Waals surface area (Å²) in [6.45, 7) is 2.03. The lowest BCUT2D eigenvalue weighted by Gasteiger charge is -2.16. The number of aromatic nitrogens is 2. The number of hydrogen-bond donors (Lipinski definition) is 0. The van der Waals surface area contributed by atoms with Gasteiger partial charge in [0.05, 0.1) is 12.3 Å². The quantitative estimate of drug-likeness (QED) is 0.798.